The summed E-state index contributed by atoms with van der Waals surface area (Å²) in [5.74, 6) is 0.727. The lowest BCUT2D eigenvalue weighted by atomic mass is 10.2. The van der Waals surface area contributed by atoms with Gasteiger partial charge in [0, 0.05) is 24.8 Å². The van der Waals surface area contributed by atoms with E-state index in [1.54, 1.807) is 7.11 Å². The summed E-state index contributed by atoms with van der Waals surface area (Å²) in [5, 5.41) is 2.89. The van der Waals surface area contributed by atoms with E-state index in [2.05, 4.69) is 10.2 Å². The summed E-state index contributed by atoms with van der Waals surface area (Å²) in [4.78, 5) is 14.2. The Morgan fingerprint density at radius 1 is 1.48 bits per heavy atom. The lowest BCUT2D eigenvalue weighted by Gasteiger charge is -2.37. The Morgan fingerprint density at radius 3 is 2.81 bits per heavy atom. The number of methoxy groups -OCH3 is 1. The first-order valence-electron chi connectivity index (χ1n) is 7.12. The van der Waals surface area contributed by atoms with Gasteiger partial charge < -0.3 is 20.5 Å². The van der Waals surface area contributed by atoms with Gasteiger partial charge in [0.2, 0.25) is 5.91 Å². The van der Waals surface area contributed by atoms with Crippen molar-refractivity contribution in [2.24, 2.45) is 5.73 Å². The van der Waals surface area contributed by atoms with Crippen LogP contribution in [0.2, 0.25) is 0 Å². The van der Waals surface area contributed by atoms with E-state index >= 15 is 0 Å². The van der Waals surface area contributed by atoms with Gasteiger partial charge in [0.15, 0.2) is 0 Å². The van der Waals surface area contributed by atoms with Gasteiger partial charge in [0.25, 0.3) is 0 Å². The number of ether oxygens (including phenoxy) is 2. The topological polar surface area (TPSA) is 76.8 Å². The first kappa shape index (κ1) is 15.8. The molecule has 3 N–H and O–H groups in total. The van der Waals surface area contributed by atoms with Crippen molar-refractivity contribution in [2.75, 3.05) is 38.7 Å². The maximum Gasteiger partial charge on any atom is 0.238 e. The van der Waals surface area contributed by atoms with Gasteiger partial charge in [-0.25, -0.2) is 0 Å². The van der Waals surface area contributed by atoms with Gasteiger partial charge in [0.1, 0.15) is 5.75 Å². The molecular formula is C15H23N3O3. The van der Waals surface area contributed by atoms with E-state index in [1.807, 2.05) is 31.2 Å². The second-order valence-corrected chi connectivity index (χ2v) is 5.25. The summed E-state index contributed by atoms with van der Waals surface area (Å²) in [5.41, 5.74) is 6.39. The van der Waals surface area contributed by atoms with Crippen molar-refractivity contribution < 1.29 is 14.3 Å². The highest BCUT2D eigenvalue weighted by molar-refractivity contribution is 5.92. The number of carbonyl (C=O) groups is 1. The number of nitrogens with two attached hydrogens (primary N) is 1. The van der Waals surface area contributed by atoms with Crippen LogP contribution >= 0.6 is 0 Å². The third kappa shape index (κ3) is 4.42. The molecule has 2 unspecified atom stereocenters. The van der Waals surface area contributed by atoms with Gasteiger partial charge in [-0.15, -0.1) is 0 Å². The SMILES string of the molecule is COc1ccc(NC(=O)CN2CC(CN)OCC2C)cc1. The van der Waals surface area contributed by atoms with E-state index in [-0.39, 0.29) is 18.1 Å². The van der Waals surface area contributed by atoms with Crippen molar-refractivity contribution in [3.8, 4) is 5.75 Å². The molecule has 6 heteroatoms. The van der Waals surface area contributed by atoms with Crippen molar-refractivity contribution >= 4 is 11.6 Å². The monoisotopic (exact) mass is 293 g/mol. The average Bonchev–Trinajstić information content (AvgIpc) is 2.50. The minimum atomic E-state index is -0.0373. The van der Waals surface area contributed by atoms with Gasteiger partial charge in [-0.05, 0) is 31.2 Å². The number of anilines is 1. The molecule has 0 saturated carbocycles. The minimum Gasteiger partial charge on any atom is -0.497 e. The highest BCUT2D eigenvalue weighted by atomic mass is 16.5. The maximum atomic E-state index is 12.1. The van der Waals surface area contributed by atoms with Crippen LogP contribution in [0.4, 0.5) is 5.69 Å². The number of carbonyl (C=O) groups excluding carboxylic acids is 1. The van der Waals surface area contributed by atoms with Crippen LogP contribution in [0, 0.1) is 0 Å². The molecule has 21 heavy (non-hydrogen) atoms. The minimum absolute atomic E-state index is 0.00925. The molecule has 0 radical (unpaired) electrons. The summed E-state index contributed by atoms with van der Waals surface area (Å²) < 4.78 is 10.7. The van der Waals surface area contributed by atoms with Crippen LogP contribution in [-0.4, -0.2) is 56.3 Å². The number of rotatable bonds is 5. The van der Waals surface area contributed by atoms with Crippen LogP contribution in [0.3, 0.4) is 0 Å². The highest BCUT2D eigenvalue weighted by Gasteiger charge is 2.26. The van der Waals surface area contributed by atoms with Crippen LogP contribution in [0.5, 0.6) is 5.75 Å². The Morgan fingerprint density at radius 2 is 2.19 bits per heavy atom. The Hall–Kier alpha value is -1.63. The van der Waals surface area contributed by atoms with E-state index in [0.717, 1.165) is 11.4 Å². The molecule has 1 aliphatic rings. The molecule has 0 aromatic heterocycles. The van der Waals surface area contributed by atoms with Gasteiger partial charge in [-0.1, -0.05) is 0 Å². The van der Waals surface area contributed by atoms with Gasteiger partial charge in [0.05, 0.1) is 26.4 Å². The largest absolute Gasteiger partial charge is 0.497 e. The second-order valence-electron chi connectivity index (χ2n) is 5.25. The first-order valence-corrected chi connectivity index (χ1v) is 7.12. The smallest absolute Gasteiger partial charge is 0.238 e. The zero-order chi connectivity index (χ0) is 15.2. The molecule has 1 aromatic rings. The van der Waals surface area contributed by atoms with E-state index < -0.39 is 0 Å². The molecule has 2 atom stereocenters. The predicted octanol–water partition coefficient (Wildman–Crippen LogP) is 0.682. The fourth-order valence-electron chi connectivity index (χ4n) is 2.30. The molecule has 116 valence electrons. The molecule has 0 aliphatic carbocycles. The number of hydrogen-bond donors (Lipinski definition) is 2. The van der Waals surface area contributed by atoms with Crippen LogP contribution in [0.1, 0.15) is 6.92 Å². The highest BCUT2D eigenvalue weighted by Crippen LogP contribution is 2.15. The van der Waals surface area contributed by atoms with Gasteiger partial charge in [-0.2, -0.15) is 0 Å². The maximum absolute atomic E-state index is 12.1. The molecular weight excluding hydrogens is 270 g/mol. The van der Waals surface area contributed by atoms with E-state index in [4.69, 9.17) is 15.2 Å². The molecule has 1 saturated heterocycles. The Bertz CT molecular complexity index is 464. The fraction of sp³-hybridized carbons (Fsp3) is 0.533. The fourth-order valence-corrected chi connectivity index (χ4v) is 2.30. The van der Waals surface area contributed by atoms with Gasteiger partial charge >= 0.3 is 0 Å². The first-order chi connectivity index (χ1) is 10.1. The lowest BCUT2D eigenvalue weighted by molar-refractivity contribution is -0.121. The standard InChI is InChI=1S/C15H23N3O3/c1-11-10-21-14(7-16)8-18(11)9-15(19)17-12-3-5-13(20-2)6-4-12/h3-6,11,14H,7-10,16H2,1-2H3,(H,17,19). The number of benzene rings is 1. The number of nitrogens with zero attached hydrogens (tertiary/aromatic N) is 1. The zero-order valence-corrected chi connectivity index (χ0v) is 12.5. The Kier molecular flexibility index (Phi) is 5.55. The van der Waals surface area contributed by atoms with E-state index in [1.165, 1.54) is 0 Å². The van der Waals surface area contributed by atoms with Crippen LogP contribution in [-0.2, 0) is 9.53 Å². The zero-order valence-electron chi connectivity index (χ0n) is 12.5. The normalized spacial score (nSPS) is 22.8. The third-order valence-corrected chi connectivity index (χ3v) is 3.62. The number of morpholine rings is 1. The molecule has 1 aliphatic heterocycles. The Labute approximate surface area is 125 Å². The van der Waals surface area contributed by atoms with Crippen molar-refractivity contribution in [3.63, 3.8) is 0 Å². The molecule has 6 nitrogen and oxygen atoms in total. The van der Waals surface area contributed by atoms with Crippen LogP contribution < -0.4 is 15.8 Å². The third-order valence-electron chi connectivity index (χ3n) is 3.62. The van der Waals surface area contributed by atoms with E-state index in [0.29, 0.717) is 26.2 Å². The predicted molar refractivity (Wildman–Crippen MR) is 81.5 cm³/mol. The summed E-state index contributed by atoms with van der Waals surface area (Å²) in [6.45, 7) is 4.16. The number of nitrogens with one attached hydrogen (secondary N) is 1. The molecule has 1 heterocycles. The molecule has 2 rings (SSSR count). The second kappa shape index (κ2) is 7.40. The van der Waals surface area contributed by atoms with Crippen molar-refractivity contribution in [3.05, 3.63) is 24.3 Å². The van der Waals surface area contributed by atoms with Crippen molar-refractivity contribution in [1.29, 1.82) is 0 Å². The van der Waals surface area contributed by atoms with Crippen molar-refractivity contribution in [2.45, 2.75) is 19.1 Å². The van der Waals surface area contributed by atoms with Gasteiger partial charge in [-0.3, -0.25) is 9.69 Å². The summed E-state index contributed by atoms with van der Waals surface area (Å²) in [6, 6.07) is 7.49. The molecule has 0 bridgehead atoms. The molecule has 1 fully saturated rings. The van der Waals surface area contributed by atoms with Crippen LogP contribution in [0.25, 0.3) is 0 Å². The lowest BCUT2D eigenvalue weighted by Crippen LogP contribution is -2.52. The van der Waals surface area contributed by atoms with Crippen LogP contribution in [0.15, 0.2) is 24.3 Å². The number of amides is 1. The summed E-state index contributed by atoms with van der Waals surface area (Å²) in [6.07, 6.45) is 0.00925. The van der Waals surface area contributed by atoms with Crippen molar-refractivity contribution in [1.82, 2.24) is 4.90 Å². The average molecular weight is 293 g/mol. The quantitative estimate of drug-likeness (QED) is 0.835. The van der Waals surface area contributed by atoms with E-state index in [9.17, 15) is 4.79 Å². The molecule has 1 aromatic carbocycles. The summed E-state index contributed by atoms with van der Waals surface area (Å²) in [7, 11) is 1.61. The summed E-state index contributed by atoms with van der Waals surface area (Å²) >= 11 is 0. The Balaban J connectivity index is 1.87. The molecule has 0 spiro atoms. The molecule has 1 amide bonds. The number of hydrogen-bond acceptors (Lipinski definition) is 5.